The number of rotatable bonds is 6. The molecule has 0 aliphatic rings. The van der Waals surface area contributed by atoms with Crippen molar-refractivity contribution in [3.63, 3.8) is 0 Å². The number of amides is 1. The summed E-state index contributed by atoms with van der Waals surface area (Å²) in [4.78, 5) is 11.2. The number of nitrogens with one attached hydrogen (secondary N) is 1. The zero-order valence-electron chi connectivity index (χ0n) is 10.3. The van der Waals surface area contributed by atoms with Crippen LogP contribution in [0.2, 0.25) is 0 Å². The van der Waals surface area contributed by atoms with Crippen LogP contribution in [0, 0.1) is 11.6 Å². The number of hydrogen-bond acceptors (Lipinski definition) is 3. The summed E-state index contributed by atoms with van der Waals surface area (Å²) in [5.74, 6) is -1.95. The highest BCUT2D eigenvalue weighted by Gasteiger charge is 2.28. The van der Waals surface area contributed by atoms with E-state index >= 15 is 0 Å². The molecule has 0 saturated heterocycles. The molecule has 0 bridgehead atoms. The summed E-state index contributed by atoms with van der Waals surface area (Å²) in [5, 5.41) is 2.77. The normalized spacial score (nSPS) is 14.0. The Kier molecular flexibility index (Phi) is 4.61. The summed E-state index contributed by atoms with van der Waals surface area (Å²) in [7, 11) is 1.59. The molecule has 0 aromatic heterocycles. The number of carbonyl (C=O) groups is 1. The van der Waals surface area contributed by atoms with Crippen molar-refractivity contribution in [2.75, 3.05) is 13.7 Å². The van der Waals surface area contributed by atoms with Crippen LogP contribution in [-0.2, 0) is 4.79 Å². The second-order valence-corrected chi connectivity index (χ2v) is 4.12. The molecular formula is C12H16F2N2O2. The highest BCUT2D eigenvalue weighted by molar-refractivity contribution is 5.84. The molecule has 0 radical (unpaired) electrons. The lowest BCUT2D eigenvalue weighted by Crippen LogP contribution is -2.52. The van der Waals surface area contributed by atoms with Gasteiger partial charge < -0.3 is 15.8 Å². The van der Waals surface area contributed by atoms with Gasteiger partial charge in [0.2, 0.25) is 5.91 Å². The quantitative estimate of drug-likeness (QED) is 0.805. The summed E-state index contributed by atoms with van der Waals surface area (Å²) in [6.07, 6.45) is 0.245. The lowest BCUT2D eigenvalue weighted by atomic mass is 9.98. The molecule has 1 unspecified atom stereocenters. The summed E-state index contributed by atoms with van der Waals surface area (Å²) >= 11 is 0. The van der Waals surface area contributed by atoms with Gasteiger partial charge in [-0.2, -0.15) is 0 Å². The molecule has 1 aromatic rings. The molecular weight excluding hydrogens is 242 g/mol. The van der Waals surface area contributed by atoms with Crippen LogP contribution in [0.3, 0.4) is 0 Å². The van der Waals surface area contributed by atoms with Gasteiger partial charge in [0, 0.05) is 12.5 Å². The fraction of sp³-hybridized carbons (Fsp3) is 0.417. The Morgan fingerprint density at radius 3 is 2.72 bits per heavy atom. The maximum atomic E-state index is 13.2. The van der Waals surface area contributed by atoms with Gasteiger partial charge in [0.25, 0.3) is 0 Å². The highest BCUT2D eigenvalue weighted by atomic mass is 19.1. The first-order valence-electron chi connectivity index (χ1n) is 5.46. The van der Waals surface area contributed by atoms with Crippen LogP contribution in [0.5, 0.6) is 5.75 Å². The SMILES string of the molecule is CNC(C)(CCOc1cc(F)ccc1F)C(N)=O. The van der Waals surface area contributed by atoms with Crippen LogP contribution in [0.4, 0.5) is 8.78 Å². The van der Waals surface area contributed by atoms with Crippen molar-refractivity contribution < 1.29 is 18.3 Å². The van der Waals surface area contributed by atoms with E-state index < -0.39 is 23.1 Å². The number of benzene rings is 1. The van der Waals surface area contributed by atoms with E-state index in [4.69, 9.17) is 10.5 Å². The Hall–Kier alpha value is -1.69. The highest BCUT2D eigenvalue weighted by Crippen LogP contribution is 2.19. The van der Waals surface area contributed by atoms with E-state index in [-0.39, 0.29) is 18.8 Å². The van der Waals surface area contributed by atoms with Crippen LogP contribution in [0.15, 0.2) is 18.2 Å². The fourth-order valence-electron chi connectivity index (χ4n) is 1.32. The van der Waals surface area contributed by atoms with Gasteiger partial charge >= 0.3 is 0 Å². The van der Waals surface area contributed by atoms with E-state index in [2.05, 4.69) is 5.32 Å². The smallest absolute Gasteiger partial charge is 0.237 e. The Labute approximate surface area is 104 Å². The van der Waals surface area contributed by atoms with E-state index in [1.165, 1.54) is 0 Å². The minimum Gasteiger partial charge on any atom is -0.490 e. The summed E-state index contributed by atoms with van der Waals surface area (Å²) in [6, 6.07) is 2.94. The number of hydrogen-bond donors (Lipinski definition) is 2. The Bertz CT molecular complexity index is 440. The molecule has 1 amide bonds. The molecule has 4 nitrogen and oxygen atoms in total. The van der Waals surface area contributed by atoms with Crippen molar-refractivity contribution in [1.29, 1.82) is 0 Å². The molecule has 0 fully saturated rings. The van der Waals surface area contributed by atoms with Gasteiger partial charge in [-0.25, -0.2) is 8.78 Å². The lowest BCUT2D eigenvalue weighted by molar-refractivity contribution is -0.124. The molecule has 6 heteroatoms. The van der Waals surface area contributed by atoms with Crippen molar-refractivity contribution in [3.05, 3.63) is 29.8 Å². The monoisotopic (exact) mass is 258 g/mol. The zero-order chi connectivity index (χ0) is 13.8. The zero-order valence-corrected chi connectivity index (χ0v) is 10.3. The lowest BCUT2D eigenvalue weighted by Gasteiger charge is -2.25. The molecule has 1 rings (SSSR count). The molecule has 0 spiro atoms. The van der Waals surface area contributed by atoms with Crippen LogP contribution < -0.4 is 15.8 Å². The summed E-state index contributed by atoms with van der Waals surface area (Å²) in [5.41, 5.74) is 4.28. The Morgan fingerprint density at radius 1 is 1.50 bits per heavy atom. The van der Waals surface area contributed by atoms with Crippen molar-refractivity contribution in [1.82, 2.24) is 5.32 Å². The van der Waals surface area contributed by atoms with E-state index in [9.17, 15) is 13.6 Å². The van der Waals surface area contributed by atoms with Gasteiger partial charge in [0.15, 0.2) is 11.6 Å². The third-order valence-electron chi connectivity index (χ3n) is 2.85. The number of halogens is 2. The number of likely N-dealkylation sites (N-methyl/N-ethyl adjacent to an activating group) is 1. The number of carbonyl (C=O) groups excluding carboxylic acids is 1. The standard InChI is InChI=1S/C12H16F2N2O2/c1-12(16-2,11(15)17)5-6-18-10-7-8(13)3-4-9(10)14/h3-4,7,16H,5-6H2,1-2H3,(H2,15,17). The first-order valence-corrected chi connectivity index (χ1v) is 5.46. The average molecular weight is 258 g/mol. The average Bonchev–Trinajstić information content (AvgIpc) is 2.33. The molecule has 0 aliphatic heterocycles. The van der Waals surface area contributed by atoms with Crippen LogP contribution in [0.1, 0.15) is 13.3 Å². The maximum Gasteiger partial charge on any atom is 0.237 e. The molecule has 3 N–H and O–H groups in total. The third kappa shape index (κ3) is 3.40. The van der Waals surface area contributed by atoms with E-state index in [1.54, 1.807) is 14.0 Å². The molecule has 18 heavy (non-hydrogen) atoms. The third-order valence-corrected chi connectivity index (χ3v) is 2.85. The van der Waals surface area contributed by atoms with Gasteiger partial charge in [-0.05, 0) is 26.1 Å². The molecule has 0 heterocycles. The van der Waals surface area contributed by atoms with Crippen molar-refractivity contribution in [2.45, 2.75) is 18.9 Å². The minimum atomic E-state index is -0.941. The summed E-state index contributed by atoms with van der Waals surface area (Å²) < 4.78 is 31.2. The van der Waals surface area contributed by atoms with E-state index in [1.807, 2.05) is 0 Å². The predicted octanol–water partition coefficient (Wildman–Crippen LogP) is 1.20. The maximum absolute atomic E-state index is 13.2. The molecule has 100 valence electrons. The van der Waals surface area contributed by atoms with E-state index in [0.717, 1.165) is 18.2 Å². The fourth-order valence-corrected chi connectivity index (χ4v) is 1.32. The molecule has 0 saturated carbocycles. The second kappa shape index (κ2) is 5.77. The Balaban J connectivity index is 2.61. The van der Waals surface area contributed by atoms with Gasteiger partial charge in [-0.3, -0.25) is 4.79 Å². The number of primary amides is 1. The van der Waals surface area contributed by atoms with Crippen LogP contribution >= 0.6 is 0 Å². The van der Waals surface area contributed by atoms with Gasteiger partial charge in [-0.15, -0.1) is 0 Å². The van der Waals surface area contributed by atoms with Crippen molar-refractivity contribution in [2.24, 2.45) is 5.73 Å². The number of nitrogens with two attached hydrogens (primary N) is 1. The van der Waals surface area contributed by atoms with E-state index in [0.29, 0.717) is 0 Å². The molecule has 1 aromatic carbocycles. The topological polar surface area (TPSA) is 64.3 Å². The van der Waals surface area contributed by atoms with Crippen molar-refractivity contribution in [3.8, 4) is 5.75 Å². The summed E-state index contributed by atoms with van der Waals surface area (Å²) in [6.45, 7) is 1.65. The van der Waals surface area contributed by atoms with Gasteiger partial charge in [0.05, 0.1) is 12.1 Å². The van der Waals surface area contributed by atoms with Crippen LogP contribution in [-0.4, -0.2) is 25.1 Å². The van der Waals surface area contributed by atoms with Gasteiger partial charge in [-0.1, -0.05) is 0 Å². The molecule has 0 aliphatic carbocycles. The largest absolute Gasteiger partial charge is 0.490 e. The first kappa shape index (κ1) is 14.4. The Morgan fingerprint density at radius 2 is 2.17 bits per heavy atom. The minimum absolute atomic E-state index is 0.0423. The second-order valence-electron chi connectivity index (χ2n) is 4.12. The van der Waals surface area contributed by atoms with Crippen molar-refractivity contribution >= 4 is 5.91 Å². The number of ether oxygens (including phenoxy) is 1. The molecule has 1 atom stereocenters. The van der Waals surface area contributed by atoms with Gasteiger partial charge in [0.1, 0.15) is 5.82 Å². The first-order chi connectivity index (χ1) is 8.39. The predicted molar refractivity (Wildman–Crippen MR) is 63.1 cm³/mol. The van der Waals surface area contributed by atoms with Crippen LogP contribution in [0.25, 0.3) is 0 Å².